The Hall–Kier alpha value is -4.30. The van der Waals surface area contributed by atoms with Crippen LogP contribution in [0.15, 0.2) is 75.9 Å². The lowest BCUT2D eigenvalue weighted by Gasteiger charge is -2.27. The number of ether oxygens (including phenoxy) is 3. The lowest BCUT2D eigenvalue weighted by molar-refractivity contribution is 0.0864. The summed E-state index contributed by atoms with van der Waals surface area (Å²) in [4.78, 5) is 26.1. The van der Waals surface area contributed by atoms with Crippen molar-refractivity contribution in [2.45, 2.75) is 19.4 Å². The molecule has 196 valence electrons. The zero-order chi connectivity index (χ0) is 26.5. The van der Waals surface area contributed by atoms with Crippen LogP contribution < -0.4 is 30.3 Å². The number of amides is 1. The largest absolute Gasteiger partial charge is 0.493 e. The number of benzene rings is 3. The number of carbonyl (C=O) groups excluding carboxylic acids is 1. The Bertz CT molecular complexity index is 1480. The van der Waals surface area contributed by atoms with Gasteiger partial charge in [-0.3, -0.25) is 9.59 Å². The van der Waals surface area contributed by atoms with Gasteiger partial charge in [0.05, 0.1) is 18.1 Å². The third-order valence-corrected chi connectivity index (χ3v) is 6.49. The number of para-hydroxylation sites is 2. The molecular formula is C30H30N2O6. The molecule has 5 rings (SSSR count). The molecule has 0 aliphatic carbocycles. The molecule has 0 saturated heterocycles. The molecule has 1 amide bonds. The maximum atomic E-state index is 13.0. The quantitative estimate of drug-likeness (QED) is 0.321. The van der Waals surface area contributed by atoms with Crippen molar-refractivity contribution >= 4 is 16.9 Å². The van der Waals surface area contributed by atoms with Gasteiger partial charge in [0.15, 0.2) is 22.5 Å². The predicted molar refractivity (Wildman–Crippen MR) is 145 cm³/mol. The Kier molecular flexibility index (Phi) is 7.60. The second-order valence-electron chi connectivity index (χ2n) is 9.09. The third kappa shape index (κ3) is 5.21. The predicted octanol–water partition coefficient (Wildman–Crippen LogP) is 4.33. The van der Waals surface area contributed by atoms with E-state index in [2.05, 4.69) is 10.6 Å². The van der Waals surface area contributed by atoms with Crippen molar-refractivity contribution in [1.82, 2.24) is 10.6 Å². The average molecular weight is 515 g/mol. The van der Waals surface area contributed by atoms with Gasteiger partial charge in [0.25, 0.3) is 5.91 Å². The van der Waals surface area contributed by atoms with Gasteiger partial charge in [-0.2, -0.15) is 0 Å². The highest BCUT2D eigenvalue weighted by molar-refractivity contribution is 6.05. The van der Waals surface area contributed by atoms with E-state index in [4.69, 9.17) is 18.6 Å². The zero-order valence-electron chi connectivity index (χ0n) is 21.4. The first kappa shape index (κ1) is 25.4. The zero-order valence-corrected chi connectivity index (χ0v) is 21.4. The normalized spacial score (nSPS) is 14.3. The maximum Gasteiger partial charge on any atom is 0.255 e. The lowest BCUT2D eigenvalue weighted by atomic mass is 10.0. The number of methoxy groups -OCH3 is 1. The van der Waals surface area contributed by atoms with E-state index in [-0.39, 0.29) is 17.4 Å². The molecule has 0 fully saturated rings. The van der Waals surface area contributed by atoms with E-state index in [9.17, 15) is 9.59 Å². The second-order valence-corrected chi connectivity index (χ2v) is 9.09. The number of rotatable bonds is 9. The Balaban J connectivity index is 1.17. The molecule has 8 heteroatoms. The molecule has 2 N–H and O–H groups in total. The van der Waals surface area contributed by atoms with Gasteiger partial charge in [0.1, 0.15) is 18.5 Å². The summed E-state index contributed by atoms with van der Waals surface area (Å²) in [6, 6.07) is 20.1. The van der Waals surface area contributed by atoms with Crippen molar-refractivity contribution < 1.29 is 23.4 Å². The Labute approximate surface area is 220 Å². The van der Waals surface area contributed by atoms with Crippen molar-refractivity contribution in [2.24, 2.45) is 0 Å². The monoisotopic (exact) mass is 514 g/mol. The highest BCUT2D eigenvalue weighted by atomic mass is 16.6. The first-order chi connectivity index (χ1) is 18.6. The van der Waals surface area contributed by atoms with Gasteiger partial charge in [-0.1, -0.05) is 42.5 Å². The molecule has 4 aromatic rings. The third-order valence-electron chi connectivity index (χ3n) is 6.49. The topological polar surface area (TPSA) is 99.0 Å². The second kappa shape index (κ2) is 11.4. The highest BCUT2D eigenvalue weighted by Crippen LogP contribution is 2.39. The molecule has 1 aromatic heterocycles. The van der Waals surface area contributed by atoms with E-state index >= 15 is 0 Å². The number of carbonyl (C=O) groups is 1. The van der Waals surface area contributed by atoms with Crippen LogP contribution in [0.2, 0.25) is 0 Å². The summed E-state index contributed by atoms with van der Waals surface area (Å²) in [6.07, 6.45) is 0.566. The van der Waals surface area contributed by atoms with Gasteiger partial charge < -0.3 is 29.3 Å². The van der Waals surface area contributed by atoms with E-state index in [1.807, 2.05) is 48.5 Å². The van der Waals surface area contributed by atoms with Crippen molar-refractivity contribution in [3.63, 3.8) is 0 Å². The highest BCUT2D eigenvalue weighted by Gasteiger charge is 2.24. The van der Waals surface area contributed by atoms with Gasteiger partial charge >= 0.3 is 0 Å². The van der Waals surface area contributed by atoms with E-state index in [0.29, 0.717) is 77.8 Å². The van der Waals surface area contributed by atoms with Crippen LogP contribution in [-0.4, -0.2) is 45.4 Å². The van der Waals surface area contributed by atoms with E-state index < -0.39 is 0 Å². The van der Waals surface area contributed by atoms with Crippen LogP contribution in [0.5, 0.6) is 17.2 Å². The number of nitrogens with one attached hydrogen (secondary N) is 2. The molecule has 1 aliphatic heterocycles. The summed E-state index contributed by atoms with van der Waals surface area (Å²) in [5.74, 6) is 2.13. The van der Waals surface area contributed by atoms with Crippen molar-refractivity contribution in [3.8, 4) is 28.6 Å². The molecule has 3 aromatic carbocycles. The lowest BCUT2D eigenvalue weighted by Crippen LogP contribution is -2.39. The molecule has 1 atom stereocenters. The minimum atomic E-state index is -0.283. The fourth-order valence-corrected chi connectivity index (χ4v) is 4.50. The van der Waals surface area contributed by atoms with Crippen LogP contribution in [0, 0.1) is 6.92 Å². The van der Waals surface area contributed by atoms with Crippen LogP contribution >= 0.6 is 0 Å². The van der Waals surface area contributed by atoms with Gasteiger partial charge in [-0.25, -0.2) is 0 Å². The molecule has 0 saturated carbocycles. The summed E-state index contributed by atoms with van der Waals surface area (Å²) in [5.41, 5.74) is 1.80. The van der Waals surface area contributed by atoms with Crippen LogP contribution in [-0.2, 0) is 0 Å². The fourth-order valence-electron chi connectivity index (χ4n) is 4.50. The van der Waals surface area contributed by atoms with Crippen molar-refractivity contribution in [3.05, 3.63) is 88.1 Å². The molecule has 0 bridgehead atoms. The minimum Gasteiger partial charge on any atom is -0.493 e. The Morgan fingerprint density at radius 1 is 1.03 bits per heavy atom. The molecular weight excluding hydrogens is 484 g/mol. The van der Waals surface area contributed by atoms with Gasteiger partial charge in [0.2, 0.25) is 5.75 Å². The fraction of sp³-hybridized carbons (Fsp3) is 0.267. The summed E-state index contributed by atoms with van der Waals surface area (Å²) in [5, 5.41) is 6.68. The van der Waals surface area contributed by atoms with Crippen LogP contribution in [0.25, 0.3) is 22.3 Å². The summed E-state index contributed by atoms with van der Waals surface area (Å²) < 4.78 is 23.3. The summed E-state index contributed by atoms with van der Waals surface area (Å²) in [6.45, 7) is 3.93. The first-order valence-electron chi connectivity index (χ1n) is 12.6. The molecule has 1 aliphatic rings. The molecule has 0 spiro atoms. The van der Waals surface area contributed by atoms with Crippen molar-refractivity contribution in [2.75, 3.05) is 33.4 Å². The summed E-state index contributed by atoms with van der Waals surface area (Å²) in [7, 11) is 1.60. The first-order valence-corrected chi connectivity index (χ1v) is 12.6. The smallest absolute Gasteiger partial charge is 0.255 e. The van der Waals surface area contributed by atoms with E-state index in [1.54, 1.807) is 32.2 Å². The van der Waals surface area contributed by atoms with E-state index in [1.165, 1.54) is 0 Å². The summed E-state index contributed by atoms with van der Waals surface area (Å²) >= 11 is 0. The number of hydrogen-bond acceptors (Lipinski definition) is 7. The SMILES string of the molecule is COc1cccc2c1OC(CNCCCNC(=O)c1cccc3c(=O)c(C)c(-c4ccccc4)oc13)CO2. The number of fused-ring (bicyclic) bond motifs is 2. The van der Waals surface area contributed by atoms with Gasteiger partial charge in [0, 0.05) is 24.2 Å². The van der Waals surface area contributed by atoms with Crippen molar-refractivity contribution in [1.29, 1.82) is 0 Å². The minimum absolute atomic E-state index is 0.141. The van der Waals surface area contributed by atoms with Crippen LogP contribution in [0.1, 0.15) is 22.3 Å². The Morgan fingerprint density at radius 2 is 1.84 bits per heavy atom. The standard InChI is InChI=1S/C30H30N2O6/c1-19-26(33)22-11-6-12-23(28(22)38-27(19)20-9-4-3-5-10-20)30(34)32-16-8-15-31-17-21-18-36-25-14-7-13-24(35-2)29(25)37-21/h3-7,9-14,21,31H,8,15-18H2,1-2H3,(H,32,34). The molecule has 2 heterocycles. The van der Waals surface area contributed by atoms with Gasteiger partial charge in [-0.05, 0) is 44.2 Å². The maximum absolute atomic E-state index is 13.0. The van der Waals surface area contributed by atoms with Crippen LogP contribution in [0.3, 0.4) is 0 Å². The van der Waals surface area contributed by atoms with E-state index in [0.717, 1.165) is 5.56 Å². The average Bonchev–Trinajstić information content (AvgIpc) is 2.96. The molecule has 8 nitrogen and oxygen atoms in total. The number of hydrogen-bond donors (Lipinski definition) is 2. The molecule has 1 unspecified atom stereocenters. The van der Waals surface area contributed by atoms with Crippen LogP contribution in [0.4, 0.5) is 0 Å². The molecule has 38 heavy (non-hydrogen) atoms. The molecule has 0 radical (unpaired) electrons. The Morgan fingerprint density at radius 3 is 2.66 bits per heavy atom. The van der Waals surface area contributed by atoms with Gasteiger partial charge in [-0.15, -0.1) is 0 Å².